The minimum atomic E-state index is -0.796. The van der Waals surface area contributed by atoms with Gasteiger partial charge in [0.05, 0.1) is 11.9 Å². The molecule has 130 valence electrons. The number of nitrogens with one attached hydrogen (secondary N) is 1. The number of rotatable bonds is 2. The molecule has 1 atom stereocenters. The normalized spacial score (nSPS) is 23.3. The number of nitrogen functional groups attached to an aromatic ring is 2. The Morgan fingerprint density at radius 3 is 2.64 bits per heavy atom. The third-order valence-corrected chi connectivity index (χ3v) is 5.49. The van der Waals surface area contributed by atoms with Crippen molar-refractivity contribution in [2.24, 2.45) is 5.92 Å². The minimum Gasteiger partial charge on any atom is -0.382 e. The van der Waals surface area contributed by atoms with Crippen LogP contribution in [-0.4, -0.2) is 25.8 Å². The van der Waals surface area contributed by atoms with E-state index in [9.17, 15) is 4.79 Å². The van der Waals surface area contributed by atoms with E-state index in [0.29, 0.717) is 23.8 Å². The molecule has 1 aliphatic carbocycles. The molecule has 1 fully saturated rings. The molecule has 0 spiro atoms. The van der Waals surface area contributed by atoms with Crippen LogP contribution in [0.5, 0.6) is 0 Å². The van der Waals surface area contributed by atoms with Gasteiger partial charge in [-0.1, -0.05) is 12.8 Å². The molecular weight excluding hydrogens is 318 g/mol. The van der Waals surface area contributed by atoms with Crippen molar-refractivity contribution in [3.05, 3.63) is 29.3 Å². The van der Waals surface area contributed by atoms with Crippen molar-refractivity contribution in [1.82, 2.24) is 19.9 Å². The molecule has 8 nitrogen and oxygen atoms in total. The van der Waals surface area contributed by atoms with Gasteiger partial charge in [-0.05, 0) is 32.1 Å². The molecule has 0 saturated heterocycles. The van der Waals surface area contributed by atoms with Crippen molar-refractivity contribution in [3.8, 4) is 0 Å². The molecule has 25 heavy (non-hydrogen) atoms. The Morgan fingerprint density at radius 2 is 1.92 bits per heavy atom. The number of nitrogens with zero attached hydrogens (tertiary/aromatic N) is 4. The van der Waals surface area contributed by atoms with Gasteiger partial charge in [-0.15, -0.1) is 0 Å². The van der Waals surface area contributed by atoms with Crippen LogP contribution in [0.3, 0.4) is 0 Å². The van der Waals surface area contributed by atoms with Crippen molar-refractivity contribution in [2.75, 3.05) is 16.8 Å². The summed E-state index contributed by atoms with van der Waals surface area (Å²) in [6, 6.07) is 0. The maximum atomic E-state index is 13.3. The first kappa shape index (κ1) is 15.7. The highest BCUT2D eigenvalue weighted by Gasteiger charge is 2.52. The van der Waals surface area contributed by atoms with Crippen LogP contribution in [-0.2, 0) is 16.6 Å². The highest BCUT2D eigenvalue weighted by atomic mass is 16.2. The first-order chi connectivity index (χ1) is 12.0. The Labute approximate surface area is 145 Å². The Bertz CT molecular complexity index is 847. The SMILES string of the molecule is Cc1nc(N)nc2c1CC(c1cncc(N)n1)(C1CCCC1)C(=O)N2. The summed E-state index contributed by atoms with van der Waals surface area (Å²) in [4.78, 5) is 30.4. The van der Waals surface area contributed by atoms with Gasteiger partial charge >= 0.3 is 0 Å². The van der Waals surface area contributed by atoms with E-state index in [-0.39, 0.29) is 17.8 Å². The number of hydrogen-bond acceptors (Lipinski definition) is 7. The molecule has 2 aromatic heterocycles. The third kappa shape index (κ3) is 2.40. The second-order valence-corrected chi connectivity index (χ2v) is 6.91. The quantitative estimate of drug-likeness (QED) is 0.752. The summed E-state index contributed by atoms with van der Waals surface area (Å²) < 4.78 is 0. The molecule has 3 heterocycles. The van der Waals surface area contributed by atoms with Gasteiger partial charge in [-0.25, -0.2) is 9.97 Å². The van der Waals surface area contributed by atoms with Gasteiger partial charge in [-0.2, -0.15) is 4.98 Å². The molecule has 1 unspecified atom stereocenters. The molecule has 1 amide bonds. The van der Waals surface area contributed by atoms with Gasteiger partial charge in [0.2, 0.25) is 11.9 Å². The molecule has 1 saturated carbocycles. The number of fused-ring (bicyclic) bond motifs is 1. The molecule has 4 rings (SSSR count). The van der Waals surface area contributed by atoms with Gasteiger partial charge in [0.15, 0.2) is 0 Å². The fraction of sp³-hybridized carbons (Fsp3) is 0.471. The van der Waals surface area contributed by atoms with Crippen LogP contribution in [0.2, 0.25) is 0 Å². The minimum absolute atomic E-state index is 0.107. The van der Waals surface area contributed by atoms with Crippen molar-refractivity contribution in [1.29, 1.82) is 0 Å². The molecule has 0 bridgehead atoms. The van der Waals surface area contributed by atoms with Gasteiger partial charge in [-0.3, -0.25) is 9.78 Å². The maximum Gasteiger partial charge on any atom is 0.238 e. The molecule has 1 aliphatic heterocycles. The fourth-order valence-corrected chi connectivity index (χ4v) is 4.27. The van der Waals surface area contributed by atoms with Crippen LogP contribution in [0, 0.1) is 12.8 Å². The Morgan fingerprint density at radius 1 is 1.16 bits per heavy atom. The molecule has 8 heteroatoms. The molecular formula is C17H21N7O. The number of amides is 1. The highest BCUT2D eigenvalue weighted by Crippen LogP contribution is 2.47. The van der Waals surface area contributed by atoms with E-state index in [2.05, 4.69) is 25.3 Å². The zero-order valence-electron chi connectivity index (χ0n) is 14.1. The monoisotopic (exact) mass is 339 g/mol. The molecule has 2 aromatic rings. The first-order valence-electron chi connectivity index (χ1n) is 8.53. The summed E-state index contributed by atoms with van der Waals surface area (Å²) >= 11 is 0. The average molecular weight is 339 g/mol. The zero-order chi connectivity index (χ0) is 17.6. The largest absolute Gasteiger partial charge is 0.382 e. The van der Waals surface area contributed by atoms with E-state index in [1.807, 2.05) is 6.92 Å². The van der Waals surface area contributed by atoms with E-state index in [4.69, 9.17) is 11.5 Å². The summed E-state index contributed by atoms with van der Waals surface area (Å²) in [5.74, 6) is 1.06. The van der Waals surface area contributed by atoms with E-state index in [1.54, 1.807) is 6.20 Å². The third-order valence-electron chi connectivity index (χ3n) is 5.49. The van der Waals surface area contributed by atoms with Gasteiger partial charge in [0.25, 0.3) is 0 Å². The number of hydrogen-bond donors (Lipinski definition) is 3. The summed E-state index contributed by atoms with van der Waals surface area (Å²) in [5.41, 5.74) is 13.1. The Kier molecular flexibility index (Phi) is 3.55. The molecule has 0 aromatic carbocycles. The Balaban J connectivity index is 1.90. The molecule has 5 N–H and O–H groups in total. The van der Waals surface area contributed by atoms with Crippen molar-refractivity contribution < 1.29 is 4.79 Å². The maximum absolute atomic E-state index is 13.3. The van der Waals surface area contributed by atoms with Crippen molar-refractivity contribution >= 4 is 23.5 Å². The zero-order valence-corrected chi connectivity index (χ0v) is 14.1. The van der Waals surface area contributed by atoms with Gasteiger partial charge < -0.3 is 16.8 Å². The second kappa shape index (κ2) is 5.65. The van der Waals surface area contributed by atoms with Crippen LogP contribution in [0.25, 0.3) is 0 Å². The second-order valence-electron chi connectivity index (χ2n) is 6.91. The summed E-state index contributed by atoms with van der Waals surface area (Å²) in [6.07, 6.45) is 7.83. The summed E-state index contributed by atoms with van der Waals surface area (Å²) in [7, 11) is 0. The Hall–Kier alpha value is -2.77. The van der Waals surface area contributed by atoms with E-state index >= 15 is 0 Å². The van der Waals surface area contributed by atoms with E-state index in [0.717, 1.165) is 36.9 Å². The standard InChI is InChI=1S/C17H21N7O/c1-9-11-6-17(10-4-2-3-5-10,12-7-20-8-13(18)22-12)15(25)23-14(11)24-16(19)21-9/h7-8,10H,2-6H2,1H3,(H2,18,22)(H3,19,21,23,24,25). The number of aryl methyl sites for hydroxylation is 1. The van der Waals surface area contributed by atoms with Crippen LogP contribution in [0.4, 0.5) is 17.6 Å². The van der Waals surface area contributed by atoms with Crippen molar-refractivity contribution in [2.45, 2.75) is 44.4 Å². The fourth-order valence-electron chi connectivity index (χ4n) is 4.27. The lowest BCUT2D eigenvalue weighted by atomic mass is 9.66. The van der Waals surface area contributed by atoms with E-state index < -0.39 is 5.41 Å². The van der Waals surface area contributed by atoms with Gasteiger partial charge in [0.1, 0.15) is 17.1 Å². The smallest absolute Gasteiger partial charge is 0.238 e. The lowest BCUT2D eigenvalue weighted by Gasteiger charge is -2.40. The van der Waals surface area contributed by atoms with Crippen LogP contribution in [0.15, 0.2) is 12.4 Å². The summed E-state index contributed by atoms with van der Waals surface area (Å²) in [6.45, 7) is 1.89. The number of carbonyl (C=O) groups excluding carboxylic acids is 1. The summed E-state index contributed by atoms with van der Waals surface area (Å²) in [5, 5.41) is 2.95. The molecule has 0 radical (unpaired) electrons. The predicted octanol–water partition coefficient (Wildman–Crippen LogP) is 1.36. The lowest BCUT2D eigenvalue weighted by Crippen LogP contribution is -2.51. The first-order valence-corrected chi connectivity index (χ1v) is 8.53. The van der Waals surface area contributed by atoms with Crippen LogP contribution < -0.4 is 16.8 Å². The topological polar surface area (TPSA) is 133 Å². The van der Waals surface area contributed by atoms with Crippen LogP contribution >= 0.6 is 0 Å². The molecule has 2 aliphatic rings. The number of anilines is 3. The van der Waals surface area contributed by atoms with Crippen LogP contribution in [0.1, 0.15) is 42.6 Å². The number of carbonyl (C=O) groups is 1. The number of nitrogens with two attached hydrogens (primary N) is 2. The lowest BCUT2D eigenvalue weighted by molar-refractivity contribution is -0.124. The highest BCUT2D eigenvalue weighted by molar-refractivity contribution is 6.01. The van der Waals surface area contributed by atoms with E-state index in [1.165, 1.54) is 6.20 Å². The average Bonchev–Trinajstić information content (AvgIpc) is 3.09. The number of aromatic nitrogens is 4. The predicted molar refractivity (Wildman–Crippen MR) is 93.6 cm³/mol. The van der Waals surface area contributed by atoms with Gasteiger partial charge in [0, 0.05) is 17.5 Å². The van der Waals surface area contributed by atoms with Crippen molar-refractivity contribution in [3.63, 3.8) is 0 Å².